The summed E-state index contributed by atoms with van der Waals surface area (Å²) < 4.78 is 6.15. The number of aliphatic hydroxyl groups is 1. The van der Waals surface area contributed by atoms with E-state index in [4.69, 9.17) is 17.0 Å². The van der Waals surface area contributed by atoms with E-state index in [-0.39, 0.29) is 11.5 Å². The van der Waals surface area contributed by atoms with Crippen LogP contribution in [0.5, 0.6) is 11.5 Å². The van der Waals surface area contributed by atoms with Gasteiger partial charge < -0.3 is 19.8 Å². The van der Waals surface area contributed by atoms with Crippen LogP contribution in [-0.4, -0.2) is 46.4 Å². The zero-order valence-electron chi connectivity index (χ0n) is 26.2. The van der Waals surface area contributed by atoms with Crippen LogP contribution >= 0.6 is 12.2 Å². The first-order valence-electron chi connectivity index (χ1n) is 16.8. The van der Waals surface area contributed by atoms with Crippen LogP contribution in [0, 0.1) is 17.3 Å². The predicted molar refractivity (Wildman–Crippen MR) is 177 cm³/mol. The molecule has 3 aliphatic rings. The summed E-state index contributed by atoms with van der Waals surface area (Å²) in [5, 5.41) is 21.3. The molecule has 0 heterocycles. The zero-order valence-corrected chi connectivity index (χ0v) is 27.0. The minimum absolute atomic E-state index is 0.0225. The lowest BCUT2D eigenvalue weighted by atomic mass is 9.51. The summed E-state index contributed by atoms with van der Waals surface area (Å²) in [7, 11) is 2.13. The molecule has 230 valence electrons. The molecule has 2 N–H and O–H groups in total. The van der Waals surface area contributed by atoms with E-state index in [1.54, 1.807) is 0 Å². The Bertz CT molecular complexity index is 1180. The molecule has 4 nitrogen and oxygen atoms in total. The van der Waals surface area contributed by atoms with Crippen LogP contribution in [0.1, 0.15) is 119 Å². The third-order valence-electron chi connectivity index (χ3n) is 11.0. The molecule has 0 radical (unpaired) electrons. The minimum atomic E-state index is -0.210. The summed E-state index contributed by atoms with van der Waals surface area (Å²) in [5.74, 6) is 3.28. The lowest BCUT2D eigenvalue weighted by molar-refractivity contribution is -0.0323. The quantitative estimate of drug-likeness (QED) is 0.180. The van der Waals surface area contributed by atoms with Crippen LogP contribution in [0.25, 0.3) is 0 Å². The van der Waals surface area contributed by atoms with Crippen LogP contribution in [0.4, 0.5) is 0 Å². The molecule has 5 heteroatoms. The maximum absolute atomic E-state index is 11.1. The molecule has 2 aromatic carbocycles. The van der Waals surface area contributed by atoms with Crippen LogP contribution in [0.3, 0.4) is 0 Å². The highest BCUT2D eigenvalue weighted by Gasteiger charge is 2.57. The maximum atomic E-state index is 11.1. The minimum Gasteiger partial charge on any atom is -0.508 e. The van der Waals surface area contributed by atoms with Gasteiger partial charge in [0.15, 0.2) is 0 Å². The van der Waals surface area contributed by atoms with Gasteiger partial charge in [-0.2, -0.15) is 0 Å². The van der Waals surface area contributed by atoms with Crippen molar-refractivity contribution in [3.63, 3.8) is 0 Å². The molecule has 2 aromatic rings. The fraction of sp³-hybridized carbons (Fsp3) is 0.649. The number of phenolic OH excluding ortho intramolecular Hbond substituents is 1. The molecule has 0 aliphatic heterocycles. The summed E-state index contributed by atoms with van der Waals surface area (Å²) in [6, 6.07) is 14.9. The van der Waals surface area contributed by atoms with Crippen molar-refractivity contribution < 1.29 is 14.9 Å². The molecule has 2 saturated carbocycles. The number of hydrogen-bond acceptors (Lipinski definition) is 4. The number of ether oxygens (including phenoxy) is 1. The highest BCUT2D eigenvalue weighted by molar-refractivity contribution is 7.80. The molecule has 0 unspecified atom stereocenters. The second-order valence-electron chi connectivity index (χ2n) is 13.7. The molecule has 42 heavy (non-hydrogen) atoms. The van der Waals surface area contributed by atoms with Crippen LogP contribution < -0.4 is 4.74 Å². The summed E-state index contributed by atoms with van der Waals surface area (Å²) >= 11 is 5.58. The van der Waals surface area contributed by atoms with Crippen molar-refractivity contribution in [2.24, 2.45) is 17.3 Å². The number of aliphatic hydroxyl groups excluding tert-OH is 1. The van der Waals surface area contributed by atoms with Gasteiger partial charge in [0, 0.05) is 13.6 Å². The third-order valence-corrected chi connectivity index (χ3v) is 11.6. The number of rotatable bonds is 13. The van der Waals surface area contributed by atoms with Crippen molar-refractivity contribution in [2.45, 2.75) is 115 Å². The first kappa shape index (κ1) is 31.3. The molecular formula is C37H53NO3S. The van der Waals surface area contributed by atoms with E-state index in [0.29, 0.717) is 29.4 Å². The van der Waals surface area contributed by atoms with E-state index in [1.165, 1.54) is 55.2 Å². The van der Waals surface area contributed by atoms with E-state index < -0.39 is 0 Å². The molecular weight excluding hydrogens is 538 g/mol. The number of fused-ring (bicyclic) bond motifs is 5. The van der Waals surface area contributed by atoms with Gasteiger partial charge in [-0.05, 0) is 128 Å². The highest BCUT2D eigenvalue weighted by atomic mass is 32.1. The van der Waals surface area contributed by atoms with Crippen molar-refractivity contribution in [3.05, 3.63) is 59.2 Å². The largest absolute Gasteiger partial charge is 0.508 e. The number of phenols is 1. The summed E-state index contributed by atoms with van der Waals surface area (Å²) in [6.45, 7) is 6.41. The van der Waals surface area contributed by atoms with Crippen LogP contribution in [0.2, 0.25) is 0 Å². The van der Waals surface area contributed by atoms with E-state index in [9.17, 15) is 10.2 Å². The van der Waals surface area contributed by atoms with Gasteiger partial charge in [0.1, 0.15) is 11.5 Å². The number of thiocarbonyl (C=S) groups is 1. The lowest BCUT2D eigenvalue weighted by Gasteiger charge is -2.54. The molecule has 0 aromatic heterocycles. The van der Waals surface area contributed by atoms with Gasteiger partial charge in [0.25, 0.3) is 0 Å². The average Bonchev–Trinajstić information content (AvgIpc) is 3.30. The number of aromatic hydroxyl groups is 1. The lowest BCUT2D eigenvalue weighted by Crippen LogP contribution is -2.47. The molecule has 3 aliphatic carbocycles. The molecule has 0 spiro atoms. The summed E-state index contributed by atoms with van der Waals surface area (Å²) in [5.41, 5.74) is 4.06. The Balaban J connectivity index is 1.14. The van der Waals surface area contributed by atoms with Crippen molar-refractivity contribution in [1.82, 2.24) is 4.90 Å². The molecule has 0 saturated heterocycles. The third kappa shape index (κ3) is 6.83. The Morgan fingerprint density at radius 1 is 1.00 bits per heavy atom. The number of nitrogens with zero attached hydrogens (tertiary/aromatic N) is 1. The average molecular weight is 592 g/mol. The molecule has 2 fully saturated rings. The van der Waals surface area contributed by atoms with E-state index in [1.807, 2.05) is 12.1 Å². The zero-order chi connectivity index (χ0) is 29.7. The van der Waals surface area contributed by atoms with E-state index in [0.717, 1.165) is 68.8 Å². The first-order valence-corrected chi connectivity index (χ1v) is 17.2. The van der Waals surface area contributed by atoms with Crippen molar-refractivity contribution in [1.29, 1.82) is 0 Å². The predicted octanol–water partition coefficient (Wildman–Crippen LogP) is 8.78. The summed E-state index contributed by atoms with van der Waals surface area (Å²) in [6.07, 6.45) is 14.4. The van der Waals surface area contributed by atoms with Crippen molar-refractivity contribution in [2.75, 3.05) is 20.2 Å². The number of unbranched alkanes of at least 4 members (excludes halogenated alkanes) is 5. The van der Waals surface area contributed by atoms with Gasteiger partial charge in [-0.3, -0.25) is 0 Å². The van der Waals surface area contributed by atoms with Gasteiger partial charge in [-0.15, -0.1) is 0 Å². The fourth-order valence-electron chi connectivity index (χ4n) is 8.61. The Morgan fingerprint density at radius 2 is 1.76 bits per heavy atom. The van der Waals surface area contributed by atoms with Gasteiger partial charge in [-0.25, -0.2) is 0 Å². The van der Waals surface area contributed by atoms with Gasteiger partial charge in [0.2, 0.25) is 0 Å². The molecule has 0 bridgehead atoms. The van der Waals surface area contributed by atoms with Crippen LogP contribution in [-0.2, 0) is 6.42 Å². The highest BCUT2D eigenvalue weighted by Crippen LogP contribution is 2.65. The maximum Gasteiger partial charge on any atom is 0.119 e. The SMILES string of the molecule is CCCCN(C)C(=S)CCCCCCCOc1ccc([C@H]2C[C@]3(C)[C@@H](O)CC[C@H]3[C@@H]3CCc4cc(O)ccc4[C@H]32)cc1. The Hall–Kier alpha value is -2.11. The second-order valence-corrected chi connectivity index (χ2v) is 14.2. The van der Waals surface area contributed by atoms with Gasteiger partial charge in [0.05, 0.1) is 17.7 Å². The van der Waals surface area contributed by atoms with E-state index in [2.05, 4.69) is 56.1 Å². The first-order chi connectivity index (χ1) is 20.3. The molecule has 6 atom stereocenters. The van der Waals surface area contributed by atoms with Crippen molar-refractivity contribution in [3.8, 4) is 11.5 Å². The van der Waals surface area contributed by atoms with Gasteiger partial charge >= 0.3 is 0 Å². The molecule has 5 rings (SSSR count). The fourth-order valence-corrected chi connectivity index (χ4v) is 8.85. The smallest absolute Gasteiger partial charge is 0.119 e. The number of aryl methyl sites for hydroxylation is 1. The number of benzene rings is 2. The monoisotopic (exact) mass is 591 g/mol. The van der Waals surface area contributed by atoms with Crippen LogP contribution in [0.15, 0.2) is 42.5 Å². The topological polar surface area (TPSA) is 52.9 Å². The summed E-state index contributed by atoms with van der Waals surface area (Å²) in [4.78, 5) is 3.36. The Kier molecular flexibility index (Phi) is 10.5. The Morgan fingerprint density at radius 3 is 2.55 bits per heavy atom. The molecule has 0 amide bonds. The number of hydrogen-bond donors (Lipinski definition) is 2. The van der Waals surface area contributed by atoms with Crippen molar-refractivity contribution >= 4 is 17.2 Å². The van der Waals surface area contributed by atoms with E-state index >= 15 is 0 Å². The standard InChI is InChI=1S/C37H53NO3S/c1-4-5-22-38(3)35(42)11-9-7-6-8-10-23-41-29-16-12-26(13-17-29)32-25-37(2)33(20-21-34(37)40)31-18-14-27-24-28(39)15-19-30(27)36(31)32/h12-13,15-17,19,24,31-34,36,39-40H,4-11,14,18,20-23,25H2,1-3H3/t31-,32+,33-,34-,36+,37-/m0/s1. The normalized spacial score (nSPS) is 28.0. The second kappa shape index (κ2) is 14.1. The van der Waals surface area contributed by atoms with Gasteiger partial charge in [-0.1, -0.05) is 69.9 Å². The Labute approximate surface area is 259 Å².